The van der Waals surface area contributed by atoms with E-state index in [4.69, 9.17) is 16.3 Å². The Bertz CT molecular complexity index is 810. The molecule has 3 nitrogen and oxygen atoms in total. The SMILES string of the molecule is CC(C)c1cc(Br)ccc1OCC(=O)Nc1cc(C(F)(F)F)ccc1Cl. The van der Waals surface area contributed by atoms with Crippen molar-refractivity contribution in [3.8, 4) is 5.75 Å². The van der Waals surface area contributed by atoms with E-state index in [-0.39, 0.29) is 23.2 Å². The Balaban J connectivity index is 2.09. The second kappa shape index (κ2) is 8.31. The predicted octanol–water partition coefficient (Wildman–Crippen LogP) is 6.26. The number of benzene rings is 2. The molecule has 140 valence electrons. The third-order valence-corrected chi connectivity index (χ3v) is 4.34. The zero-order valence-corrected chi connectivity index (χ0v) is 16.3. The van der Waals surface area contributed by atoms with Crippen molar-refractivity contribution in [3.63, 3.8) is 0 Å². The van der Waals surface area contributed by atoms with Crippen LogP contribution >= 0.6 is 27.5 Å². The quantitative estimate of drug-likeness (QED) is 0.584. The van der Waals surface area contributed by atoms with Crippen LogP contribution in [0, 0.1) is 0 Å². The monoisotopic (exact) mass is 449 g/mol. The molecular weight excluding hydrogens is 435 g/mol. The van der Waals surface area contributed by atoms with E-state index >= 15 is 0 Å². The summed E-state index contributed by atoms with van der Waals surface area (Å²) in [7, 11) is 0. The lowest BCUT2D eigenvalue weighted by Gasteiger charge is -2.15. The third-order valence-electron chi connectivity index (χ3n) is 3.52. The van der Waals surface area contributed by atoms with Crippen LogP contribution in [-0.4, -0.2) is 12.5 Å². The summed E-state index contributed by atoms with van der Waals surface area (Å²) in [5.74, 6) is 0.0980. The highest BCUT2D eigenvalue weighted by Crippen LogP contribution is 2.34. The molecule has 0 aromatic heterocycles. The van der Waals surface area contributed by atoms with Gasteiger partial charge in [-0.3, -0.25) is 4.79 Å². The summed E-state index contributed by atoms with van der Waals surface area (Å²) in [5, 5.41) is 2.36. The summed E-state index contributed by atoms with van der Waals surface area (Å²) in [4.78, 5) is 12.1. The van der Waals surface area contributed by atoms with Gasteiger partial charge in [-0.1, -0.05) is 41.4 Å². The topological polar surface area (TPSA) is 38.3 Å². The molecule has 0 aliphatic heterocycles. The lowest BCUT2D eigenvalue weighted by molar-refractivity contribution is -0.137. The van der Waals surface area contributed by atoms with E-state index in [9.17, 15) is 18.0 Å². The number of nitrogens with one attached hydrogen (secondary N) is 1. The van der Waals surface area contributed by atoms with Crippen molar-refractivity contribution in [1.29, 1.82) is 0 Å². The highest BCUT2D eigenvalue weighted by Gasteiger charge is 2.31. The normalized spacial score (nSPS) is 11.5. The lowest BCUT2D eigenvalue weighted by Crippen LogP contribution is -2.21. The van der Waals surface area contributed by atoms with Crippen LogP contribution < -0.4 is 10.1 Å². The Morgan fingerprint density at radius 3 is 2.54 bits per heavy atom. The maximum atomic E-state index is 12.8. The first-order chi connectivity index (χ1) is 12.1. The van der Waals surface area contributed by atoms with Crippen LogP contribution in [-0.2, 0) is 11.0 Å². The van der Waals surface area contributed by atoms with Crippen molar-refractivity contribution in [2.75, 3.05) is 11.9 Å². The van der Waals surface area contributed by atoms with Crippen molar-refractivity contribution in [3.05, 3.63) is 57.0 Å². The van der Waals surface area contributed by atoms with Gasteiger partial charge < -0.3 is 10.1 Å². The second-order valence-corrected chi connectivity index (χ2v) is 7.19. The average Bonchev–Trinajstić information content (AvgIpc) is 2.54. The smallest absolute Gasteiger partial charge is 0.416 e. The summed E-state index contributed by atoms with van der Waals surface area (Å²) < 4.78 is 44.7. The highest BCUT2D eigenvalue weighted by molar-refractivity contribution is 9.10. The van der Waals surface area contributed by atoms with E-state index in [1.165, 1.54) is 0 Å². The number of ether oxygens (including phenoxy) is 1. The molecule has 0 bridgehead atoms. The van der Waals surface area contributed by atoms with Gasteiger partial charge in [0.25, 0.3) is 5.91 Å². The highest BCUT2D eigenvalue weighted by atomic mass is 79.9. The van der Waals surface area contributed by atoms with Crippen molar-refractivity contribution in [2.24, 2.45) is 0 Å². The van der Waals surface area contributed by atoms with Gasteiger partial charge in [0.15, 0.2) is 6.61 Å². The van der Waals surface area contributed by atoms with Crippen LogP contribution in [0.1, 0.15) is 30.9 Å². The fourth-order valence-electron chi connectivity index (χ4n) is 2.23. The summed E-state index contributed by atoms with van der Waals surface area (Å²) in [6.45, 7) is 3.61. The molecular formula is C18H16BrClF3NO2. The van der Waals surface area contributed by atoms with Gasteiger partial charge >= 0.3 is 6.18 Å². The van der Waals surface area contributed by atoms with Gasteiger partial charge in [0, 0.05) is 4.47 Å². The first kappa shape index (κ1) is 20.6. The molecule has 0 aliphatic rings. The van der Waals surface area contributed by atoms with E-state index in [0.717, 1.165) is 28.2 Å². The summed E-state index contributed by atoms with van der Waals surface area (Å²) >= 11 is 9.24. The third kappa shape index (κ3) is 5.38. The van der Waals surface area contributed by atoms with Gasteiger partial charge in [-0.15, -0.1) is 0 Å². The van der Waals surface area contributed by atoms with E-state index < -0.39 is 17.6 Å². The molecule has 2 aromatic carbocycles. The maximum absolute atomic E-state index is 12.8. The Hall–Kier alpha value is -1.73. The maximum Gasteiger partial charge on any atom is 0.416 e. The van der Waals surface area contributed by atoms with Gasteiger partial charge in [0.2, 0.25) is 0 Å². The molecule has 0 radical (unpaired) electrons. The van der Waals surface area contributed by atoms with Crippen molar-refractivity contribution < 1.29 is 22.7 Å². The molecule has 0 aliphatic carbocycles. The van der Waals surface area contributed by atoms with Gasteiger partial charge in [-0.05, 0) is 47.9 Å². The van der Waals surface area contributed by atoms with Crippen LogP contribution in [0.5, 0.6) is 5.75 Å². The minimum Gasteiger partial charge on any atom is -0.483 e. The van der Waals surface area contributed by atoms with E-state index in [2.05, 4.69) is 21.2 Å². The number of anilines is 1. The first-order valence-corrected chi connectivity index (χ1v) is 8.84. The molecule has 0 saturated heterocycles. The number of hydrogen-bond donors (Lipinski definition) is 1. The van der Waals surface area contributed by atoms with Crippen LogP contribution in [0.15, 0.2) is 40.9 Å². The zero-order chi connectivity index (χ0) is 19.5. The molecule has 1 amide bonds. The molecule has 1 N–H and O–H groups in total. The van der Waals surface area contributed by atoms with Crippen molar-refractivity contribution in [1.82, 2.24) is 0 Å². The molecule has 26 heavy (non-hydrogen) atoms. The number of amides is 1. The Morgan fingerprint density at radius 1 is 1.23 bits per heavy atom. The molecule has 0 atom stereocenters. The molecule has 0 fully saturated rings. The summed E-state index contributed by atoms with van der Waals surface area (Å²) in [5.41, 5.74) is -0.104. The minimum atomic E-state index is -4.52. The number of carbonyl (C=O) groups excluding carboxylic acids is 1. The van der Waals surface area contributed by atoms with E-state index in [1.807, 2.05) is 19.9 Å². The predicted molar refractivity (Wildman–Crippen MR) is 98.8 cm³/mol. The molecule has 2 aromatic rings. The fourth-order valence-corrected chi connectivity index (χ4v) is 2.77. The van der Waals surface area contributed by atoms with Crippen molar-refractivity contribution >= 4 is 39.1 Å². The molecule has 2 rings (SSSR count). The average molecular weight is 451 g/mol. The van der Waals surface area contributed by atoms with Gasteiger partial charge in [-0.25, -0.2) is 0 Å². The van der Waals surface area contributed by atoms with Crippen molar-refractivity contribution in [2.45, 2.75) is 25.9 Å². The van der Waals surface area contributed by atoms with Crippen LogP contribution in [0.25, 0.3) is 0 Å². The van der Waals surface area contributed by atoms with Gasteiger partial charge in [0.1, 0.15) is 5.75 Å². The zero-order valence-electron chi connectivity index (χ0n) is 14.0. The molecule has 0 unspecified atom stereocenters. The minimum absolute atomic E-state index is 0.0119. The Kier molecular flexibility index (Phi) is 6.58. The number of hydrogen-bond acceptors (Lipinski definition) is 2. The molecule has 0 saturated carbocycles. The summed E-state index contributed by atoms with van der Waals surface area (Å²) in [6.07, 6.45) is -4.52. The lowest BCUT2D eigenvalue weighted by atomic mass is 10.0. The van der Waals surface area contributed by atoms with E-state index in [1.54, 1.807) is 12.1 Å². The van der Waals surface area contributed by atoms with E-state index in [0.29, 0.717) is 5.75 Å². The van der Waals surface area contributed by atoms with Gasteiger partial charge in [0.05, 0.1) is 16.3 Å². The number of alkyl halides is 3. The largest absolute Gasteiger partial charge is 0.483 e. The Morgan fingerprint density at radius 2 is 1.92 bits per heavy atom. The second-order valence-electron chi connectivity index (χ2n) is 5.87. The number of halogens is 5. The van der Waals surface area contributed by atoms with Gasteiger partial charge in [-0.2, -0.15) is 13.2 Å². The molecule has 0 heterocycles. The molecule has 0 spiro atoms. The molecule has 8 heteroatoms. The summed E-state index contributed by atoms with van der Waals surface area (Å²) in [6, 6.07) is 8.13. The number of rotatable bonds is 5. The standard InChI is InChI=1S/C18H16BrClF3NO2/c1-10(2)13-8-12(19)4-6-16(13)26-9-17(25)24-15-7-11(18(21,22)23)3-5-14(15)20/h3-8,10H,9H2,1-2H3,(H,24,25). The number of carbonyl (C=O) groups is 1. The Labute approximate surface area is 162 Å². The fraction of sp³-hybridized carbons (Fsp3) is 0.278. The van der Waals surface area contributed by atoms with Crippen LogP contribution in [0.2, 0.25) is 5.02 Å². The first-order valence-electron chi connectivity index (χ1n) is 7.66. The van der Waals surface area contributed by atoms with Crippen LogP contribution in [0.3, 0.4) is 0 Å². The van der Waals surface area contributed by atoms with Crippen LogP contribution in [0.4, 0.5) is 18.9 Å².